The highest BCUT2D eigenvalue weighted by molar-refractivity contribution is 7.80. The van der Waals surface area contributed by atoms with Crippen LogP contribution in [0.15, 0.2) is 40.8 Å². The number of halogens is 2. The van der Waals surface area contributed by atoms with Crippen LogP contribution in [0.4, 0.5) is 5.69 Å². The van der Waals surface area contributed by atoms with Gasteiger partial charge < -0.3 is 15.5 Å². The summed E-state index contributed by atoms with van der Waals surface area (Å²) < 4.78 is 5.71. The van der Waals surface area contributed by atoms with Crippen molar-refractivity contribution in [2.24, 2.45) is 5.73 Å². The summed E-state index contributed by atoms with van der Waals surface area (Å²) in [5.74, 6) is 0.445. The van der Waals surface area contributed by atoms with E-state index < -0.39 is 0 Å². The fourth-order valence-corrected chi connectivity index (χ4v) is 2.59. The smallest absolute Gasteiger partial charge is 0.227 e. The lowest BCUT2D eigenvalue weighted by atomic mass is 10.2. The summed E-state index contributed by atoms with van der Waals surface area (Å²) >= 11 is 16.9. The Morgan fingerprint density at radius 3 is 2.81 bits per heavy atom. The lowest BCUT2D eigenvalue weighted by Crippen LogP contribution is -2.18. The first-order valence-corrected chi connectivity index (χ1v) is 7.12. The number of oxazole rings is 1. The molecule has 0 unspecified atom stereocenters. The minimum absolute atomic E-state index is 0.194. The number of fused-ring (bicyclic) bond motifs is 1. The number of thiocarbonyl (C=S) groups is 1. The number of anilines is 1. The summed E-state index contributed by atoms with van der Waals surface area (Å²) in [7, 11) is 0. The van der Waals surface area contributed by atoms with Gasteiger partial charge in [-0.05, 0) is 42.5 Å². The third-order valence-electron chi connectivity index (χ3n) is 2.79. The maximum atomic E-state index is 6.10. The van der Waals surface area contributed by atoms with Crippen LogP contribution < -0.4 is 11.1 Å². The maximum Gasteiger partial charge on any atom is 0.227 e. The van der Waals surface area contributed by atoms with E-state index in [0.717, 1.165) is 11.3 Å². The molecule has 1 heterocycles. The van der Waals surface area contributed by atoms with Crippen molar-refractivity contribution in [3.05, 3.63) is 46.4 Å². The van der Waals surface area contributed by atoms with Crippen LogP contribution in [0, 0.1) is 0 Å². The van der Waals surface area contributed by atoms with Crippen LogP contribution in [0.2, 0.25) is 10.0 Å². The number of benzene rings is 2. The van der Waals surface area contributed by atoms with Crippen molar-refractivity contribution in [3.63, 3.8) is 0 Å². The van der Waals surface area contributed by atoms with Gasteiger partial charge >= 0.3 is 0 Å². The van der Waals surface area contributed by atoms with E-state index in [0.29, 0.717) is 27.0 Å². The largest absolute Gasteiger partial charge is 0.435 e. The predicted octanol–water partition coefficient (Wildman–Crippen LogP) is 4.46. The van der Waals surface area contributed by atoms with E-state index in [-0.39, 0.29) is 5.11 Å². The first kappa shape index (κ1) is 14.1. The molecule has 106 valence electrons. The van der Waals surface area contributed by atoms with E-state index in [4.69, 9.17) is 45.6 Å². The molecule has 0 saturated carbocycles. The van der Waals surface area contributed by atoms with Gasteiger partial charge in [-0.25, -0.2) is 4.98 Å². The number of hydrogen-bond acceptors (Lipinski definition) is 3. The van der Waals surface area contributed by atoms with Crippen molar-refractivity contribution in [1.29, 1.82) is 0 Å². The Morgan fingerprint density at radius 2 is 2.05 bits per heavy atom. The molecular formula is C14H9Cl2N3OS. The molecule has 3 N–H and O–H groups in total. The van der Waals surface area contributed by atoms with Crippen molar-refractivity contribution < 1.29 is 4.42 Å². The Morgan fingerprint density at radius 1 is 1.24 bits per heavy atom. The Bertz CT molecular complexity index is 847. The molecule has 0 fully saturated rings. The van der Waals surface area contributed by atoms with Crippen LogP contribution in [0.25, 0.3) is 22.6 Å². The summed E-state index contributed by atoms with van der Waals surface area (Å²) in [6.45, 7) is 0. The molecule has 1 aromatic heterocycles. The second-order valence-electron chi connectivity index (χ2n) is 4.32. The highest BCUT2D eigenvalue weighted by atomic mass is 35.5. The molecule has 0 saturated heterocycles. The molecule has 0 atom stereocenters. The van der Waals surface area contributed by atoms with E-state index in [9.17, 15) is 0 Å². The lowest BCUT2D eigenvalue weighted by molar-refractivity contribution is 0.620. The fourth-order valence-electron chi connectivity index (χ4n) is 1.96. The van der Waals surface area contributed by atoms with Gasteiger partial charge in [-0.2, -0.15) is 0 Å². The molecule has 2 aromatic carbocycles. The van der Waals surface area contributed by atoms with Gasteiger partial charge in [-0.15, -0.1) is 0 Å². The molecule has 0 bridgehead atoms. The Kier molecular flexibility index (Phi) is 3.71. The third-order valence-corrected chi connectivity index (χ3v) is 3.39. The number of nitrogens with zero attached hydrogens (tertiary/aromatic N) is 1. The summed E-state index contributed by atoms with van der Waals surface area (Å²) in [5, 5.41) is 3.99. The van der Waals surface area contributed by atoms with Gasteiger partial charge in [-0.1, -0.05) is 29.3 Å². The van der Waals surface area contributed by atoms with E-state index in [2.05, 4.69) is 10.3 Å². The minimum atomic E-state index is 0.194. The molecule has 7 heteroatoms. The number of nitrogens with two attached hydrogens (primary N) is 1. The lowest BCUT2D eigenvalue weighted by Gasteiger charge is -2.04. The third kappa shape index (κ3) is 2.95. The first-order valence-electron chi connectivity index (χ1n) is 5.95. The molecule has 4 nitrogen and oxygen atoms in total. The van der Waals surface area contributed by atoms with Gasteiger partial charge in [0.1, 0.15) is 5.52 Å². The molecule has 0 radical (unpaired) electrons. The zero-order valence-electron chi connectivity index (χ0n) is 10.6. The van der Waals surface area contributed by atoms with Gasteiger partial charge in [0.15, 0.2) is 10.7 Å². The molecule has 0 aliphatic carbocycles. The number of aromatic nitrogens is 1. The number of hydrogen-bond donors (Lipinski definition) is 2. The summed E-state index contributed by atoms with van der Waals surface area (Å²) in [6.07, 6.45) is 0. The summed E-state index contributed by atoms with van der Waals surface area (Å²) in [4.78, 5) is 4.40. The molecule has 21 heavy (non-hydrogen) atoms. The van der Waals surface area contributed by atoms with Crippen molar-refractivity contribution in [3.8, 4) is 11.5 Å². The van der Waals surface area contributed by atoms with Crippen molar-refractivity contribution in [1.82, 2.24) is 4.98 Å². The monoisotopic (exact) mass is 337 g/mol. The quantitative estimate of drug-likeness (QED) is 0.676. The molecule has 0 amide bonds. The number of rotatable bonds is 2. The number of nitrogens with one attached hydrogen (secondary N) is 1. The summed E-state index contributed by atoms with van der Waals surface area (Å²) in [6, 6.07) is 10.7. The zero-order valence-corrected chi connectivity index (χ0v) is 12.9. The van der Waals surface area contributed by atoms with Gasteiger partial charge in [-0.3, -0.25) is 0 Å². The molecule has 0 aliphatic rings. The Labute approximate surface area is 135 Å². The maximum absolute atomic E-state index is 6.10. The van der Waals surface area contributed by atoms with Crippen molar-refractivity contribution >= 4 is 57.3 Å². The van der Waals surface area contributed by atoms with Crippen LogP contribution >= 0.6 is 35.4 Å². The molecule has 0 spiro atoms. The fraction of sp³-hybridized carbons (Fsp3) is 0. The van der Waals surface area contributed by atoms with E-state index in [1.165, 1.54) is 0 Å². The predicted molar refractivity (Wildman–Crippen MR) is 89.9 cm³/mol. The normalized spacial score (nSPS) is 10.8. The van der Waals surface area contributed by atoms with Crippen LogP contribution in [-0.2, 0) is 0 Å². The highest BCUT2D eigenvalue weighted by Crippen LogP contribution is 2.32. The van der Waals surface area contributed by atoms with Crippen LogP contribution in [-0.4, -0.2) is 10.1 Å². The van der Waals surface area contributed by atoms with E-state index in [1.54, 1.807) is 12.1 Å². The van der Waals surface area contributed by atoms with Gasteiger partial charge in [0, 0.05) is 16.3 Å². The highest BCUT2D eigenvalue weighted by Gasteiger charge is 2.12. The average molecular weight is 338 g/mol. The minimum Gasteiger partial charge on any atom is -0.435 e. The van der Waals surface area contributed by atoms with Gasteiger partial charge in [0.05, 0.1) is 5.02 Å². The Hall–Kier alpha value is -1.82. The van der Waals surface area contributed by atoms with Crippen molar-refractivity contribution in [2.75, 3.05) is 5.32 Å². The standard InChI is InChI=1S/C14H9Cl2N3OS/c15-8-5-10(16)12-11(6-8)19-13(20-12)7-2-1-3-9(4-7)18-14(17)21/h1-6H,(H3,17,18,21). The summed E-state index contributed by atoms with van der Waals surface area (Å²) in [5.41, 5.74) is 8.10. The van der Waals surface area contributed by atoms with E-state index in [1.807, 2.05) is 24.3 Å². The zero-order chi connectivity index (χ0) is 15.0. The van der Waals surface area contributed by atoms with Gasteiger partial charge in [0.25, 0.3) is 0 Å². The molecule has 0 aliphatic heterocycles. The van der Waals surface area contributed by atoms with Crippen molar-refractivity contribution in [2.45, 2.75) is 0 Å². The molecule has 3 rings (SSSR count). The first-order chi connectivity index (χ1) is 10.0. The van der Waals surface area contributed by atoms with Crippen LogP contribution in [0.1, 0.15) is 0 Å². The topological polar surface area (TPSA) is 64.1 Å². The average Bonchev–Trinajstić information content (AvgIpc) is 2.82. The SMILES string of the molecule is NC(=S)Nc1cccc(-c2nc3cc(Cl)cc(Cl)c3o2)c1. The second-order valence-corrected chi connectivity index (χ2v) is 5.61. The van der Waals surface area contributed by atoms with Gasteiger partial charge in [0.2, 0.25) is 5.89 Å². The second kappa shape index (κ2) is 5.52. The molecule has 3 aromatic rings. The molecular weight excluding hydrogens is 329 g/mol. The van der Waals surface area contributed by atoms with E-state index >= 15 is 0 Å². The van der Waals surface area contributed by atoms with Crippen LogP contribution in [0.3, 0.4) is 0 Å². The Balaban J connectivity index is 2.08. The van der Waals surface area contributed by atoms with Crippen LogP contribution in [0.5, 0.6) is 0 Å².